The normalized spacial score (nSPS) is 15.8. The van der Waals surface area contributed by atoms with E-state index in [9.17, 15) is 0 Å². The molecule has 20 heavy (non-hydrogen) atoms. The van der Waals surface area contributed by atoms with Crippen LogP contribution in [-0.4, -0.2) is 17.0 Å². The van der Waals surface area contributed by atoms with Gasteiger partial charge in [-0.25, -0.2) is 9.97 Å². The average Bonchev–Trinajstić information content (AvgIpc) is 3.10. The van der Waals surface area contributed by atoms with E-state index in [0.29, 0.717) is 5.92 Å². The third-order valence-corrected chi connectivity index (χ3v) is 5.60. The Kier molecular flexibility index (Phi) is 4.08. The highest BCUT2D eigenvalue weighted by atomic mass is 79.9. The molecule has 0 aliphatic heterocycles. The fourth-order valence-corrected chi connectivity index (χ4v) is 4.34. The second-order valence-electron chi connectivity index (χ2n) is 5.29. The third kappa shape index (κ3) is 2.49. The Labute approximate surface area is 132 Å². The summed E-state index contributed by atoms with van der Waals surface area (Å²) in [5.41, 5.74) is 3.57. The number of nitrogens with one attached hydrogen (secondary N) is 1. The molecule has 0 atom stereocenters. The molecule has 5 heteroatoms. The molecule has 0 radical (unpaired) electrons. The summed E-state index contributed by atoms with van der Waals surface area (Å²) >= 11 is 5.39. The minimum atomic E-state index is 0.567. The van der Waals surface area contributed by atoms with E-state index in [2.05, 4.69) is 43.9 Å². The van der Waals surface area contributed by atoms with Crippen molar-refractivity contribution in [2.45, 2.75) is 38.5 Å². The third-order valence-electron chi connectivity index (χ3n) is 3.95. The average molecular weight is 352 g/mol. The van der Waals surface area contributed by atoms with E-state index >= 15 is 0 Å². The predicted octanol–water partition coefficient (Wildman–Crippen LogP) is 4.98. The quantitative estimate of drug-likeness (QED) is 0.847. The summed E-state index contributed by atoms with van der Waals surface area (Å²) in [5.74, 6) is 2.30. The molecule has 0 unspecified atom stereocenters. The second-order valence-corrected chi connectivity index (χ2v) is 6.83. The van der Waals surface area contributed by atoms with Crippen LogP contribution in [-0.2, 0) is 0 Å². The predicted molar refractivity (Wildman–Crippen MR) is 88.5 cm³/mol. The van der Waals surface area contributed by atoms with E-state index in [1.54, 1.807) is 11.3 Å². The van der Waals surface area contributed by atoms with Gasteiger partial charge in [-0.2, -0.15) is 11.3 Å². The Balaban J connectivity index is 2.12. The lowest BCUT2D eigenvalue weighted by molar-refractivity contribution is 0.691. The molecule has 2 aromatic heterocycles. The van der Waals surface area contributed by atoms with Gasteiger partial charge in [0.05, 0.1) is 10.2 Å². The first-order chi connectivity index (χ1) is 9.70. The maximum absolute atomic E-state index is 4.87. The van der Waals surface area contributed by atoms with E-state index in [4.69, 9.17) is 4.98 Å². The molecule has 1 fully saturated rings. The fourth-order valence-electron chi connectivity index (χ4n) is 2.81. The molecule has 0 amide bonds. The first-order valence-electron chi connectivity index (χ1n) is 6.99. The van der Waals surface area contributed by atoms with Crippen LogP contribution >= 0.6 is 27.3 Å². The largest absolute Gasteiger partial charge is 0.372 e. The number of thiophene rings is 1. The number of hydrogen-bond acceptors (Lipinski definition) is 4. The highest BCUT2D eigenvalue weighted by Crippen LogP contribution is 2.40. The molecule has 1 aliphatic rings. The molecule has 1 saturated carbocycles. The van der Waals surface area contributed by atoms with Gasteiger partial charge in [0.2, 0.25) is 0 Å². The highest BCUT2D eigenvalue weighted by Gasteiger charge is 2.24. The monoisotopic (exact) mass is 351 g/mol. The summed E-state index contributed by atoms with van der Waals surface area (Å²) in [5, 5.41) is 7.47. The molecule has 2 heterocycles. The number of aryl methyl sites for hydroxylation is 1. The zero-order valence-corrected chi connectivity index (χ0v) is 14.1. The van der Waals surface area contributed by atoms with Crippen molar-refractivity contribution in [3.63, 3.8) is 0 Å². The van der Waals surface area contributed by atoms with Crippen molar-refractivity contribution < 1.29 is 0 Å². The van der Waals surface area contributed by atoms with Crippen molar-refractivity contribution in [2.24, 2.45) is 0 Å². The fraction of sp³-hybridized carbons (Fsp3) is 0.467. The van der Waals surface area contributed by atoms with Gasteiger partial charge in [0.1, 0.15) is 5.82 Å². The van der Waals surface area contributed by atoms with Gasteiger partial charge >= 0.3 is 0 Å². The van der Waals surface area contributed by atoms with Crippen molar-refractivity contribution in [1.29, 1.82) is 0 Å². The summed E-state index contributed by atoms with van der Waals surface area (Å²) in [7, 11) is 1.91. The first-order valence-corrected chi connectivity index (χ1v) is 8.72. The van der Waals surface area contributed by atoms with Crippen molar-refractivity contribution in [2.75, 3.05) is 12.4 Å². The van der Waals surface area contributed by atoms with E-state index < -0.39 is 0 Å². The maximum Gasteiger partial charge on any atom is 0.162 e. The van der Waals surface area contributed by atoms with Crippen LogP contribution in [0, 0.1) is 6.92 Å². The van der Waals surface area contributed by atoms with Crippen LogP contribution in [0.25, 0.3) is 11.4 Å². The van der Waals surface area contributed by atoms with Crippen molar-refractivity contribution in [3.05, 3.63) is 26.5 Å². The Morgan fingerprint density at radius 1 is 1.25 bits per heavy atom. The lowest BCUT2D eigenvalue weighted by Crippen LogP contribution is -2.06. The van der Waals surface area contributed by atoms with E-state index in [0.717, 1.165) is 21.7 Å². The van der Waals surface area contributed by atoms with Gasteiger partial charge in [0.25, 0.3) is 0 Å². The molecular formula is C15H18BrN3S. The molecule has 0 spiro atoms. The summed E-state index contributed by atoms with van der Waals surface area (Å²) < 4.78 is 1.03. The Bertz CT molecular complexity index is 618. The molecule has 0 aromatic carbocycles. The Hall–Kier alpha value is -0.940. The van der Waals surface area contributed by atoms with E-state index in [-0.39, 0.29) is 0 Å². The van der Waals surface area contributed by atoms with Crippen molar-refractivity contribution in [3.8, 4) is 11.4 Å². The number of aromatic nitrogens is 2. The van der Waals surface area contributed by atoms with Crippen LogP contribution in [0.4, 0.5) is 5.82 Å². The van der Waals surface area contributed by atoms with Gasteiger partial charge in [-0.05, 0) is 46.6 Å². The zero-order chi connectivity index (χ0) is 14.1. The van der Waals surface area contributed by atoms with Gasteiger partial charge < -0.3 is 5.32 Å². The smallest absolute Gasteiger partial charge is 0.162 e. The molecule has 0 bridgehead atoms. The molecule has 3 rings (SSSR count). The lowest BCUT2D eigenvalue weighted by atomic mass is 10.0. The van der Waals surface area contributed by atoms with Crippen molar-refractivity contribution in [1.82, 2.24) is 9.97 Å². The van der Waals surface area contributed by atoms with Gasteiger partial charge in [-0.3, -0.25) is 0 Å². The van der Waals surface area contributed by atoms with Crippen LogP contribution in [0.5, 0.6) is 0 Å². The number of rotatable bonds is 3. The Morgan fingerprint density at radius 3 is 2.60 bits per heavy atom. The number of anilines is 1. The minimum Gasteiger partial charge on any atom is -0.372 e. The Morgan fingerprint density at radius 2 is 2.00 bits per heavy atom. The molecule has 1 N–H and O–H groups in total. The molecule has 3 nitrogen and oxygen atoms in total. The van der Waals surface area contributed by atoms with E-state index in [1.165, 1.54) is 36.9 Å². The zero-order valence-electron chi connectivity index (χ0n) is 11.7. The number of hydrogen-bond donors (Lipinski definition) is 1. The molecule has 2 aromatic rings. The van der Waals surface area contributed by atoms with Crippen LogP contribution < -0.4 is 5.32 Å². The van der Waals surface area contributed by atoms with Crippen LogP contribution in [0.2, 0.25) is 0 Å². The van der Waals surface area contributed by atoms with Crippen LogP contribution in [0.15, 0.2) is 15.2 Å². The molecule has 106 valence electrons. The van der Waals surface area contributed by atoms with Gasteiger partial charge in [0, 0.05) is 23.9 Å². The maximum atomic E-state index is 4.87. The molecular weight excluding hydrogens is 334 g/mol. The summed E-state index contributed by atoms with van der Waals surface area (Å²) in [6.45, 7) is 2.12. The summed E-state index contributed by atoms with van der Waals surface area (Å²) in [4.78, 5) is 9.54. The summed E-state index contributed by atoms with van der Waals surface area (Å²) in [6.07, 6.45) is 5.09. The minimum absolute atomic E-state index is 0.567. The number of halogens is 1. The second kappa shape index (κ2) is 5.82. The summed E-state index contributed by atoms with van der Waals surface area (Å²) in [6, 6.07) is 0. The molecule has 1 aliphatic carbocycles. The first kappa shape index (κ1) is 14.0. The van der Waals surface area contributed by atoms with Crippen molar-refractivity contribution >= 4 is 33.1 Å². The van der Waals surface area contributed by atoms with E-state index in [1.807, 2.05) is 7.05 Å². The van der Waals surface area contributed by atoms with Gasteiger partial charge in [-0.1, -0.05) is 12.8 Å². The molecule has 0 saturated heterocycles. The standard InChI is InChI=1S/C15H18BrN3S/c1-9-7-20-8-11(9)14-18-13(10-5-3-4-6-10)12(16)15(17-2)19-14/h7-8,10H,3-6H2,1-2H3,(H,17,18,19). The SMILES string of the molecule is CNc1nc(-c2cscc2C)nc(C2CCCC2)c1Br. The highest BCUT2D eigenvalue weighted by molar-refractivity contribution is 9.10. The lowest BCUT2D eigenvalue weighted by Gasteiger charge is -2.15. The van der Waals surface area contributed by atoms with Crippen LogP contribution in [0.1, 0.15) is 42.9 Å². The number of nitrogens with zero attached hydrogens (tertiary/aromatic N) is 2. The van der Waals surface area contributed by atoms with Gasteiger partial charge in [-0.15, -0.1) is 0 Å². The topological polar surface area (TPSA) is 37.8 Å². The van der Waals surface area contributed by atoms with Gasteiger partial charge in [0.15, 0.2) is 5.82 Å². The van der Waals surface area contributed by atoms with Crippen LogP contribution in [0.3, 0.4) is 0 Å².